The van der Waals surface area contributed by atoms with E-state index in [9.17, 15) is 0 Å². The summed E-state index contributed by atoms with van der Waals surface area (Å²) in [6, 6.07) is 10.3. The lowest BCUT2D eigenvalue weighted by atomic mass is 10.3. The van der Waals surface area contributed by atoms with Crippen LogP contribution < -0.4 is 4.90 Å². The van der Waals surface area contributed by atoms with Gasteiger partial charge in [-0.3, -0.25) is 0 Å². The van der Waals surface area contributed by atoms with Crippen LogP contribution in [0.4, 0.5) is 5.69 Å². The summed E-state index contributed by atoms with van der Waals surface area (Å²) in [4.78, 5) is 2.16. The van der Waals surface area contributed by atoms with Crippen LogP contribution in [0.5, 0.6) is 0 Å². The maximum Gasteiger partial charge on any atom is 0.0513 e. The van der Waals surface area contributed by atoms with E-state index in [2.05, 4.69) is 37.5 Å². The summed E-state index contributed by atoms with van der Waals surface area (Å²) >= 11 is 0. The Kier molecular flexibility index (Phi) is 3.39. The van der Waals surface area contributed by atoms with Crippen LogP contribution in [0.25, 0.3) is 0 Å². The van der Waals surface area contributed by atoms with Crippen molar-refractivity contribution >= 4 is 26.2 Å². The van der Waals surface area contributed by atoms with E-state index >= 15 is 0 Å². The molecule has 1 aromatic carbocycles. The largest absolute Gasteiger partial charge is 0.379 e. The predicted molar refractivity (Wildman–Crippen MR) is 50.2 cm³/mol. The Morgan fingerprint density at radius 1 is 1.00 bits per heavy atom. The normalized spacial score (nSPS) is 9.64. The van der Waals surface area contributed by atoms with E-state index in [-0.39, 0.29) is 0 Å². The zero-order chi connectivity index (χ0) is 8.10. The fourth-order valence-electron chi connectivity index (χ4n) is 0.877. The summed E-state index contributed by atoms with van der Waals surface area (Å²) in [6.45, 7) is 0. The van der Waals surface area contributed by atoms with Crippen molar-refractivity contribution in [3.63, 3.8) is 0 Å². The predicted octanol–water partition coefficient (Wildman–Crippen LogP) is 0.745. The molecule has 0 spiro atoms. The topological polar surface area (TPSA) is 3.24 Å². The lowest BCUT2D eigenvalue weighted by molar-refractivity contribution is 1.05. The molecule has 0 amide bonds. The van der Waals surface area contributed by atoms with E-state index in [0.717, 1.165) is 12.3 Å². The third-order valence-corrected chi connectivity index (χ3v) is 2.27. The maximum atomic E-state index is 3.45. The first kappa shape index (κ1) is 8.55. The van der Waals surface area contributed by atoms with Gasteiger partial charge in [0, 0.05) is 18.0 Å². The first-order chi connectivity index (χ1) is 5.38. The van der Waals surface area contributed by atoms with Gasteiger partial charge in [0.15, 0.2) is 0 Å². The van der Waals surface area contributed by atoms with Crippen molar-refractivity contribution < 1.29 is 0 Å². The van der Waals surface area contributed by atoms with Crippen molar-refractivity contribution in [2.24, 2.45) is 0 Å². The second-order valence-electron chi connectivity index (χ2n) is 2.19. The van der Waals surface area contributed by atoms with Crippen LogP contribution in [0, 0.1) is 0 Å². The zero-order valence-corrected chi connectivity index (χ0v) is 8.25. The second kappa shape index (κ2) is 4.36. The molecule has 11 heavy (non-hydrogen) atoms. The fourth-order valence-corrected chi connectivity index (χ4v) is 1.69. The molecular formula is C8H9NSi2. The molecule has 0 saturated heterocycles. The molecule has 0 N–H and O–H groups in total. The van der Waals surface area contributed by atoms with Gasteiger partial charge in [0.25, 0.3) is 0 Å². The molecule has 0 heterocycles. The van der Waals surface area contributed by atoms with Gasteiger partial charge in [0.1, 0.15) is 0 Å². The Balaban J connectivity index is 2.74. The minimum atomic E-state index is 0.841. The van der Waals surface area contributed by atoms with Gasteiger partial charge in [0.2, 0.25) is 0 Å². The SMILES string of the molecule is [Si]CN(C[Si])c1ccccc1. The molecule has 0 fully saturated rings. The second-order valence-corrected chi connectivity index (χ2v) is 2.82. The van der Waals surface area contributed by atoms with Crippen molar-refractivity contribution in [2.45, 2.75) is 0 Å². The Morgan fingerprint density at radius 3 is 2.00 bits per heavy atom. The molecule has 0 atom stereocenters. The minimum Gasteiger partial charge on any atom is -0.379 e. The van der Waals surface area contributed by atoms with E-state index in [4.69, 9.17) is 0 Å². The number of rotatable bonds is 3. The number of anilines is 1. The van der Waals surface area contributed by atoms with Gasteiger partial charge in [-0.25, -0.2) is 0 Å². The highest BCUT2D eigenvalue weighted by molar-refractivity contribution is 6.14. The number of hydrogen-bond acceptors (Lipinski definition) is 1. The van der Waals surface area contributed by atoms with Crippen LogP contribution in [0.2, 0.25) is 0 Å². The summed E-state index contributed by atoms with van der Waals surface area (Å²) in [6.07, 6.45) is 1.68. The van der Waals surface area contributed by atoms with Gasteiger partial charge >= 0.3 is 0 Å². The fraction of sp³-hybridized carbons (Fsp3) is 0.250. The highest BCUT2D eigenvalue weighted by Crippen LogP contribution is 2.10. The van der Waals surface area contributed by atoms with Gasteiger partial charge in [-0.05, 0) is 12.1 Å². The van der Waals surface area contributed by atoms with Crippen molar-refractivity contribution in [3.8, 4) is 0 Å². The number of nitrogens with zero attached hydrogens (tertiary/aromatic N) is 1. The molecule has 0 aliphatic heterocycles. The summed E-state index contributed by atoms with van der Waals surface area (Å²) in [5, 5.41) is 0. The average Bonchev–Trinajstić information content (AvgIpc) is 2.09. The van der Waals surface area contributed by atoms with Gasteiger partial charge in [-0.1, -0.05) is 18.2 Å². The Morgan fingerprint density at radius 2 is 1.55 bits per heavy atom. The first-order valence-corrected chi connectivity index (χ1v) is 4.89. The van der Waals surface area contributed by atoms with Gasteiger partial charge in [-0.2, -0.15) is 0 Å². The maximum absolute atomic E-state index is 3.45. The highest BCUT2D eigenvalue weighted by atomic mass is 28.1. The van der Waals surface area contributed by atoms with Crippen LogP contribution in [-0.2, 0) is 0 Å². The van der Waals surface area contributed by atoms with Gasteiger partial charge < -0.3 is 4.90 Å². The zero-order valence-electron chi connectivity index (χ0n) is 6.25. The molecule has 54 valence electrons. The van der Waals surface area contributed by atoms with Crippen molar-refractivity contribution in [1.29, 1.82) is 0 Å². The number of para-hydroxylation sites is 1. The summed E-state index contributed by atoms with van der Waals surface area (Å²) < 4.78 is 0. The Hall–Kier alpha value is -0.546. The lowest BCUT2D eigenvalue weighted by Crippen LogP contribution is -2.25. The van der Waals surface area contributed by atoms with Crippen LogP contribution in [0.15, 0.2) is 30.3 Å². The molecule has 1 rings (SSSR count). The van der Waals surface area contributed by atoms with Crippen LogP contribution >= 0.6 is 0 Å². The van der Waals surface area contributed by atoms with E-state index < -0.39 is 0 Å². The van der Waals surface area contributed by atoms with Gasteiger partial charge in [-0.15, -0.1) is 0 Å². The third kappa shape index (κ3) is 2.20. The first-order valence-electron chi connectivity index (χ1n) is 3.47. The molecule has 1 nitrogen and oxygen atoms in total. The molecule has 6 radical (unpaired) electrons. The number of benzene rings is 1. The van der Waals surface area contributed by atoms with E-state index in [1.807, 2.05) is 18.2 Å². The molecule has 1 aromatic rings. The molecule has 3 heteroatoms. The lowest BCUT2D eigenvalue weighted by Gasteiger charge is -2.20. The molecule has 0 saturated carbocycles. The van der Waals surface area contributed by atoms with E-state index in [1.165, 1.54) is 5.69 Å². The van der Waals surface area contributed by atoms with Crippen LogP contribution in [0.3, 0.4) is 0 Å². The average molecular weight is 175 g/mol. The molecule has 0 aliphatic carbocycles. The van der Waals surface area contributed by atoms with Gasteiger partial charge in [0.05, 0.1) is 20.5 Å². The molecule has 0 aliphatic rings. The van der Waals surface area contributed by atoms with Crippen molar-refractivity contribution in [1.82, 2.24) is 0 Å². The smallest absolute Gasteiger partial charge is 0.0513 e. The standard InChI is InChI=1S/C8H9NSi2/c10-6-9(7-11)8-4-2-1-3-5-8/h1-5H,6-7H2. The molecular weight excluding hydrogens is 166 g/mol. The quantitative estimate of drug-likeness (QED) is 0.613. The van der Waals surface area contributed by atoms with E-state index in [0.29, 0.717) is 0 Å². The summed E-state index contributed by atoms with van der Waals surface area (Å²) in [5.74, 6) is 0. The van der Waals surface area contributed by atoms with Crippen LogP contribution in [-0.4, -0.2) is 32.8 Å². The monoisotopic (exact) mass is 175 g/mol. The Labute approximate surface area is 74.3 Å². The van der Waals surface area contributed by atoms with Crippen molar-refractivity contribution in [2.75, 3.05) is 17.2 Å². The summed E-state index contributed by atoms with van der Waals surface area (Å²) in [7, 11) is 6.91. The molecule has 0 unspecified atom stereocenters. The Bertz CT molecular complexity index is 197. The minimum absolute atomic E-state index is 0.841. The van der Waals surface area contributed by atoms with E-state index in [1.54, 1.807) is 0 Å². The third-order valence-electron chi connectivity index (χ3n) is 1.50. The molecule has 0 bridgehead atoms. The highest BCUT2D eigenvalue weighted by Gasteiger charge is 1.97. The number of hydrogen-bond donors (Lipinski definition) is 0. The van der Waals surface area contributed by atoms with Crippen molar-refractivity contribution in [3.05, 3.63) is 30.3 Å². The van der Waals surface area contributed by atoms with Crippen LogP contribution in [0.1, 0.15) is 0 Å². The summed E-state index contributed by atoms with van der Waals surface area (Å²) in [5.41, 5.74) is 1.22. The molecule has 0 aromatic heterocycles.